The molecule has 3 aliphatic rings. The number of halogens is 4. The topological polar surface area (TPSA) is 169 Å². The highest BCUT2D eigenvalue weighted by Gasteiger charge is 2.29. The van der Waals surface area contributed by atoms with Crippen molar-refractivity contribution in [3.05, 3.63) is 394 Å². The standard InChI is InChI=1S/C29H24N2O2.C25H17N.C22H15BrN2.C17H16BrNO2.C13H9Br.C10H18O5.C4H8O.CH3F/c1-29(2,3)33-28(32)31-26-15-9-6-12-22(26)23-18-19(16-17-27(23)31)30-24-13-7-4-10-20(24)21-11-5-8-14-25(21)30;1-2-8-20-17(7-1)15-18-13-14-19(16-23(18)20)26-24-11-5-3-9-21(24)22-10-4-6-12-25(22)26;23-19-13-11-17(12-14-19)21-15-20(16-7-3-1-4-8-16)24-22(25-21)18-9-5-2-6-10-18;1-17(2,3)21-16(20)19-14-7-5-4-6-12(14)13-10-11(18)8-9-15(13)19;14-11-6-5-10-7-9-3-1-2-4-12(9)13(10)8-11;1-9(2,3)14-7(11)13-8(12)15-10(4,5)6;1-2-4-5-3-1;1-2/h4-18H,1-3H3;1-14,16H,15H2;1-15H;4-10H,1-3H3;1-6,8H,7H2;1-6H3;1-4H2;1H3/i;;;;;;;1D. The van der Waals surface area contributed by atoms with Crippen LogP contribution < -0.4 is 0 Å². The van der Waals surface area contributed by atoms with Crippen LogP contribution in [-0.2, 0) is 41.3 Å². The zero-order valence-electron chi connectivity index (χ0n) is 81.8. The summed E-state index contributed by atoms with van der Waals surface area (Å²) in [5.74, 6) is 0.736. The van der Waals surface area contributed by atoms with E-state index >= 15 is 0 Å². The molecule has 23 rings (SSSR count). The lowest BCUT2D eigenvalue weighted by molar-refractivity contribution is -0.0294. The summed E-state index contributed by atoms with van der Waals surface area (Å²) in [5.41, 5.74) is 24.3. The SMILES string of the molecule is Brc1ccc(-c2cc(-c3ccccc3)nc(-c3ccccc3)n2)cc1.Brc1ccc2c(c1)-c1ccccc1C2.C1CCOC1.CC(C)(C)OC(=O)OC(=O)OC(C)(C)C.CC(C)(C)OC(=O)n1c2ccccc2c2cc(-n3c4ccccc4c4ccccc43)ccc21.CC(C)(C)OC(=O)n1c2ccccc2c2cc(Br)ccc21.[2H]CF.c1ccc2c(c1)Cc1ccc(-n3c4ccccc4c4ccccc43)cc1-2. The number of nitrogens with zero attached hydrogens (tertiary/aromatic N) is 6. The zero-order valence-corrected chi connectivity index (χ0v) is 85.5. The van der Waals surface area contributed by atoms with Gasteiger partial charge in [-0.25, -0.2) is 38.3 Å². The fraction of sp³-hybridized carbons (Fsp3) is 0.190. The maximum atomic E-state index is 13.1. The van der Waals surface area contributed by atoms with Gasteiger partial charge in [-0.15, -0.1) is 0 Å². The van der Waals surface area contributed by atoms with E-state index in [1.165, 1.54) is 95.6 Å². The fourth-order valence-corrected chi connectivity index (χ4v) is 18.6. The van der Waals surface area contributed by atoms with Gasteiger partial charge in [0.05, 0.1) is 64.0 Å². The molecule has 16 nitrogen and oxygen atoms in total. The quantitative estimate of drug-likeness (QED) is 0.0909. The molecule has 0 spiro atoms. The average Bonchev–Trinajstić information content (AvgIpc) is 1.58. The highest BCUT2D eigenvalue weighted by molar-refractivity contribution is 9.11. The summed E-state index contributed by atoms with van der Waals surface area (Å²) in [6.45, 7) is 23.3. The van der Waals surface area contributed by atoms with Crippen LogP contribution in [0.2, 0.25) is 0 Å². The van der Waals surface area contributed by atoms with Crippen LogP contribution in [0.3, 0.4) is 0 Å². The second-order valence-electron chi connectivity index (χ2n) is 38.1. The van der Waals surface area contributed by atoms with E-state index < -0.39 is 41.9 Å². The number of rotatable bonds is 5. The van der Waals surface area contributed by atoms with Crippen LogP contribution in [-0.4, -0.2) is 95.5 Å². The Morgan fingerprint density at radius 3 is 1.05 bits per heavy atom. The van der Waals surface area contributed by atoms with Crippen LogP contribution in [0, 0.1) is 0 Å². The largest absolute Gasteiger partial charge is 0.519 e. The Kier molecular flexibility index (Phi) is 30.3. The molecule has 1 aliphatic heterocycles. The second kappa shape index (κ2) is 43.5. The highest BCUT2D eigenvalue weighted by Crippen LogP contribution is 2.43. The Hall–Kier alpha value is -14.4. The maximum Gasteiger partial charge on any atom is 0.519 e. The third-order valence-corrected chi connectivity index (χ3v) is 24.9. The van der Waals surface area contributed by atoms with E-state index in [4.69, 9.17) is 35.0 Å². The van der Waals surface area contributed by atoms with Crippen molar-refractivity contribution in [2.45, 2.75) is 131 Å². The molecule has 15 aromatic carbocycles. The number of aromatic nitrogens is 6. The Balaban J connectivity index is 0.000000123. The van der Waals surface area contributed by atoms with Gasteiger partial charge >= 0.3 is 24.5 Å². The van der Waals surface area contributed by atoms with Crippen molar-refractivity contribution in [1.29, 1.82) is 0 Å². The number of carbonyl (C=O) groups is 4. The van der Waals surface area contributed by atoms with Crippen LogP contribution >= 0.6 is 47.8 Å². The Morgan fingerprint density at radius 1 is 0.312 bits per heavy atom. The lowest BCUT2D eigenvalue weighted by Gasteiger charge is -2.20. The molecule has 0 bridgehead atoms. The molecule has 0 amide bonds. The molecule has 0 radical (unpaired) electrons. The van der Waals surface area contributed by atoms with Crippen molar-refractivity contribution in [3.8, 4) is 67.5 Å². The molecule has 0 saturated carbocycles. The lowest BCUT2D eigenvalue weighted by Crippen LogP contribution is -2.29. The molecular weight excluding hydrogens is 1960 g/mol. The summed E-state index contributed by atoms with van der Waals surface area (Å²) in [7, 11) is -1.00. The van der Waals surface area contributed by atoms with E-state index in [9.17, 15) is 23.6 Å². The third kappa shape index (κ3) is 23.7. The average molecular weight is 2070 g/mol. The van der Waals surface area contributed by atoms with Gasteiger partial charge in [-0.3, -0.25) is 4.39 Å². The number of carbonyl (C=O) groups excluding carboxylic acids is 4. The minimum Gasteiger partial charge on any atom is -0.443 e. The number of hydrogen-bond acceptors (Lipinski definition) is 12. The Morgan fingerprint density at radius 2 is 0.624 bits per heavy atom. The summed E-state index contributed by atoms with van der Waals surface area (Å²) in [6, 6.07) is 124. The molecule has 0 N–H and O–H groups in total. The predicted octanol–water partition coefficient (Wildman–Crippen LogP) is 33.9. The summed E-state index contributed by atoms with van der Waals surface area (Å²) in [6.07, 6.45) is 1.85. The van der Waals surface area contributed by atoms with Crippen molar-refractivity contribution in [3.63, 3.8) is 0 Å². The third-order valence-electron chi connectivity index (χ3n) is 23.4. The number of fused-ring (bicyclic) bond motifs is 18. The Bertz CT molecular complexity index is 7780. The summed E-state index contributed by atoms with van der Waals surface area (Å²) < 4.78 is 56.7. The first-order valence-corrected chi connectivity index (χ1v) is 49.2. The molecule has 0 atom stereocenters. The normalized spacial score (nSPS) is 12.3. The number of benzene rings is 15. The number of alkyl halides is 1. The van der Waals surface area contributed by atoms with Gasteiger partial charge in [0.15, 0.2) is 5.82 Å². The van der Waals surface area contributed by atoms with E-state index in [1.807, 2.05) is 175 Å². The smallest absolute Gasteiger partial charge is 0.443 e. The van der Waals surface area contributed by atoms with Gasteiger partial charge in [-0.2, -0.15) is 0 Å². The number of ether oxygens (including phenoxy) is 6. The van der Waals surface area contributed by atoms with Gasteiger partial charge in [0.1, 0.15) is 22.4 Å². The monoisotopic (exact) mass is 2060 g/mol. The molecule has 6 heterocycles. The molecule has 2 aliphatic carbocycles. The van der Waals surface area contributed by atoms with E-state index in [2.05, 4.69) is 286 Å². The van der Waals surface area contributed by atoms with Crippen LogP contribution in [0.5, 0.6) is 0 Å². The summed E-state index contributed by atoms with van der Waals surface area (Å²) >= 11 is 10.5. The van der Waals surface area contributed by atoms with Crippen LogP contribution in [0.4, 0.5) is 23.6 Å². The molecule has 5 aromatic heterocycles. The maximum absolute atomic E-state index is 13.1. The molecule has 1 saturated heterocycles. The van der Waals surface area contributed by atoms with E-state index in [1.54, 1.807) is 50.7 Å². The van der Waals surface area contributed by atoms with Gasteiger partial charge < -0.3 is 37.6 Å². The first-order chi connectivity index (χ1) is 68.2. The van der Waals surface area contributed by atoms with Gasteiger partial charge in [-0.05, 0) is 269 Å². The molecule has 20 heteroatoms. The van der Waals surface area contributed by atoms with Gasteiger partial charge in [0, 0.05) is 97.8 Å². The molecule has 0 unspecified atom stereocenters. The van der Waals surface area contributed by atoms with Gasteiger partial charge in [0.25, 0.3) is 0 Å². The van der Waals surface area contributed by atoms with Crippen LogP contribution in [0.15, 0.2) is 371 Å². The Labute approximate surface area is 847 Å². The number of hydrogen-bond donors (Lipinski definition) is 0. The van der Waals surface area contributed by atoms with E-state index in [0.717, 1.165) is 134 Å². The highest BCUT2D eigenvalue weighted by atomic mass is 79.9. The van der Waals surface area contributed by atoms with Crippen molar-refractivity contribution in [2.24, 2.45) is 0 Å². The summed E-state index contributed by atoms with van der Waals surface area (Å²) in [4.78, 5) is 57.3. The summed E-state index contributed by atoms with van der Waals surface area (Å²) in [5, 5.41) is 9.20. The fourth-order valence-electron chi connectivity index (χ4n) is 17.6. The molecule has 20 aromatic rings. The molecule has 141 heavy (non-hydrogen) atoms. The molecular formula is C121H110Br3FN6O10. The van der Waals surface area contributed by atoms with Crippen molar-refractivity contribution >= 4 is 160 Å². The van der Waals surface area contributed by atoms with E-state index in [-0.39, 0.29) is 12.2 Å². The first-order valence-electron chi connectivity index (χ1n) is 47.5. The predicted molar refractivity (Wildman–Crippen MR) is 582 cm³/mol. The minimum atomic E-state index is -1.06. The van der Waals surface area contributed by atoms with Crippen molar-refractivity contribution in [2.75, 3.05) is 20.4 Å². The van der Waals surface area contributed by atoms with Crippen molar-refractivity contribution in [1.82, 2.24) is 28.2 Å². The van der Waals surface area contributed by atoms with Crippen molar-refractivity contribution < 1.29 is 53.4 Å². The minimum absolute atomic E-state index is 0.351. The second-order valence-corrected chi connectivity index (χ2v) is 40.9. The number of para-hydroxylation sites is 6. The lowest BCUT2D eigenvalue weighted by atomic mass is 10.1. The van der Waals surface area contributed by atoms with E-state index in [0.29, 0.717) is 0 Å². The molecule has 1 fully saturated rings. The first kappa shape index (κ1) is 98.2. The molecule has 712 valence electrons. The van der Waals surface area contributed by atoms with Gasteiger partial charge in [-0.1, -0.05) is 290 Å². The van der Waals surface area contributed by atoms with Gasteiger partial charge in [0.2, 0.25) is 0 Å². The van der Waals surface area contributed by atoms with Crippen LogP contribution in [0.1, 0.15) is 120 Å². The van der Waals surface area contributed by atoms with Crippen LogP contribution in [0.25, 0.3) is 155 Å². The zero-order chi connectivity index (χ0) is 100.